The van der Waals surface area contributed by atoms with Crippen molar-refractivity contribution in [2.45, 2.75) is 12.5 Å². The molecule has 0 unspecified atom stereocenters. The van der Waals surface area contributed by atoms with Crippen LogP contribution in [0.15, 0.2) is 66.5 Å². The van der Waals surface area contributed by atoms with Gasteiger partial charge in [0.15, 0.2) is 6.10 Å². The number of oxime groups is 1. The highest BCUT2D eigenvalue weighted by Crippen LogP contribution is 2.17. The standard InChI is InChI=1S/C19H18FN3O2/c1-2-10-23(19(24)14-6-5-7-15(20)11-14)13-16-12-18(22-25-16)17-8-3-4-9-21-17/h2-9,11,16H,1,10,12-13H2/t16-/m0/s1. The molecule has 2 heterocycles. The Morgan fingerprint density at radius 3 is 2.96 bits per heavy atom. The zero-order valence-corrected chi connectivity index (χ0v) is 13.6. The van der Waals surface area contributed by atoms with Gasteiger partial charge < -0.3 is 9.74 Å². The molecular formula is C19H18FN3O2. The maximum Gasteiger partial charge on any atom is 0.254 e. The molecule has 1 aromatic heterocycles. The summed E-state index contributed by atoms with van der Waals surface area (Å²) in [7, 11) is 0. The van der Waals surface area contributed by atoms with Crippen molar-refractivity contribution < 1.29 is 14.0 Å². The molecular weight excluding hydrogens is 321 g/mol. The summed E-state index contributed by atoms with van der Waals surface area (Å²) in [4.78, 5) is 23.9. The Bertz CT molecular complexity index is 792. The van der Waals surface area contributed by atoms with Crippen LogP contribution in [0.25, 0.3) is 0 Å². The lowest BCUT2D eigenvalue weighted by Gasteiger charge is -2.23. The van der Waals surface area contributed by atoms with Gasteiger partial charge in [-0.3, -0.25) is 9.78 Å². The van der Waals surface area contributed by atoms with E-state index in [1.54, 1.807) is 23.2 Å². The quantitative estimate of drug-likeness (QED) is 0.760. The molecule has 0 aliphatic carbocycles. The molecule has 128 valence electrons. The van der Waals surface area contributed by atoms with Gasteiger partial charge in [0.1, 0.15) is 11.5 Å². The molecule has 0 saturated carbocycles. The second kappa shape index (κ2) is 7.70. The Labute approximate surface area is 145 Å². The predicted molar refractivity (Wildman–Crippen MR) is 92.8 cm³/mol. The minimum absolute atomic E-state index is 0.269. The molecule has 5 nitrogen and oxygen atoms in total. The number of nitrogens with zero attached hydrogens (tertiary/aromatic N) is 3. The number of aromatic nitrogens is 1. The summed E-state index contributed by atoms with van der Waals surface area (Å²) in [5.41, 5.74) is 1.81. The van der Waals surface area contributed by atoms with Crippen LogP contribution in [0.1, 0.15) is 22.5 Å². The Hall–Kier alpha value is -3.02. The molecule has 1 aromatic carbocycles. The van der Waals surface area contributed by atoms with Crippen LogP contribution in [0.2, 0.25) is 0 Å². The largest absolute Gasteiger partial charge is 0.390 e. The van der Waals surface area contributed by atoms with Crippen LogP contribution in [0.5, 0.6) is 0 Å². The lowest BCUT2D eigenvalue weighted by Crippen LogP contribution is -2.37. The molecule has 2 aromatic rings. The van der Waals surface area contributed by atoms with Crippen LogP contribution in [-0.2, 0) is 4.84 Å². The number of carbonyl (C=O) groups is 1. The first-order valence-electron chi connectivity index (χ1n) is 7.97. The van der Waals surface area contributed by atoms with Crippen molar-refractivity contribution in [3.05, 3.63) is 78.4 Å². The number of carbonyl (C=O) groups excluding carboxylic acids is 1. The number of amides is 1. The van der Waals surface area contributed by atoms with Crippen molar-refractivity contribution in [3.8, 4) is 0 Å². The van der Waals surface area contributed by atoms with E-state index in [1.165, 1.54) is 18.2 Å². The van der Waals surface area contributed by atoms with E-state index in [1.807, 2.05) is 18.2 Å². The topological polar surface area (TPSA) is 54.8 Å². The summed E-state index contributed by atoms with van der Waals surface area (Å²) in [5, 5.41) is 4.08. The van der Waals surface area contributed by atoms with Gasteiger partial charge >= 0.3 is 0 Å². The molecule has 1 aliphatic heterocycles. The fourth-order valence-corrected chi connectivity index (χ4v) is 2.66. The number of benzene rings is 1. The van der Waals surface area contributed by atoms with Crippen LogP contribution in [-0.4, -0.2) is 40.7 Å². The van der Waals surface area contributed by atoms with Crippen molar-refractivity contribution in [3.63, 3.8) is 0 Å². The van der Waals surface area contributed by atoms with Crippen LogP contribution in [0, 0.1) is 5.82 Å². The van der Waals surface area contributed by atoms with E-state index in [0.29, 0.717) is 25.1 Å². The van der Waals surface area contributed by atoms with Gasteiger partial charge in [-0.25, -0.2) is 4.39 Å². The van der Waals surface area contributed by atoms with Crippen LogP contribution >= 0.6 is 0 Å². The molecule has 6 heteroatoms. The first-order valence-corrected chi connectivity index (χ1v) is 7.97. The molecule has 3 rings (SSSR count). The molecule has 0 bridgehead atoms. The fraction of sp³-hybridized carbons (Fsp3) is 0.211. The van der Waals surface area contributed by atoms with E-state index >= 15 is 0 Å². The molecule has 0 radical (unpaired) electrons. The summed E-state index contributed by atoms with van der Waals surface area (Å²) >= 11 is 0. The zero-order valence-electron chi connectivity index (χ0n) is 13.6. The number of hydrogen-bond acceptors (Lipinski definition) is 4. The average molecular weight is 339 g/mol. The molecule has 0 N–H and O–H groups in total. The minimum atomic E-state index is -0.442. The van der Waals surface area contributed by atoms with Crippen molar-refractivity contribution in [1.29, 1.82) is 0 Å². The summed E-state index contributed by atoms with van der Waals surface area (Å²) in [6, 6.07) is 11.2. The highest BCUT2D eigenvalue weighted by atomic mass is 19.1. The maximum absolute atomic E-state index is 13.4. The molecule has 1 atom stereocenters. The van der Waals surface area contributed by atoms with Crippen LogP contribution < -0.4 is 0 Å². The molecule has 0 spiro atoms. The van der Waals surface area contributed by atoms with Gasteiger partial charge in [-0.1, -0.05) is 23.4 Å². The minimum Gasteiger partial charge on any atom is -0.390 e. The van der Waals surface area contributed by atoms with Crippen molar-refractivity contribution >= 4 is 11.6 Å². The molecule has 0 saturated heterocycles. The summed E-state index contributed by atoms with van der Waals surface area (Å²) in [5.74, 6) is -0.712. The first kappa shape index (κ1) is 16.8. The monoisotopic (exact) mass is 339 g/mol. The third-order valence-corrected chi connectivity index (χ3v) is 3.83. The first-order chi connectivity index (χ1) is 12.2. The second-order valence-electron chi connectivity index (χ2n) is 5.69. The Morgan fingerprint density at radius 2 is 2.24 bits per heavy atom. The zero-order chi connectivity index (χ0) is 17.6. The van der Waals surface area contributed by atoms with E-state index < -0.39 is 5.82 Å². The molecule has 1 amide bonds. The van der Waals surface area contributed by atoms with Gasteiger partial charge in [0, 0.05) is 24.7 Å². The predicted octanol–water partition coefficient (Wildman–Crippen LogP) is 3.04. The van der Waals surface area contributed by atoms with Crippen molar-refractivity contribution in [2.24, 2.45) is 5.16 Å². The Balaban J connectivity index is 1.67. The fourth-order valence-electron chi connectivity index (χ4n) is 2.66. The molecule has 1 aliphatic rings. The SMILES string of the molecule is C=CCN(C[C@@H]1CC(c2ccccn2)=NO1)C(=O)c1cccc(F)c1. The van der Waals surface area contributed by atoms with Crippen molar-refractivity contribution in [1.82, 2.24) is 9.88 Å². The number of hydrogen-bond donors (Lipinski definition) is 0. The maximum atomic E-state index is 13.4. The Kier molecular flexibility index (Phi) is 5.18. The molecule has 0 fully saturated rings. The lowest BCUT2D eigenvalue weighted by atomic mass is 10.1. The van der Waals surface area contributed by atoms with Crippen molar-refractivity contribution in [2.75, 3.05) is 13.1 Å². The number of rotatable bonds is 6. The summed E-state index contributed by atoms with van der Waals surface area (Å²) in [6.45, 7) is 4.36. The summed E-state index contributed by atoms with van der Waals surface area (Å²) in [6.07, 6.45) is 3.62. The lowest BCUT2D eigenvalue weighted by molar-refractivity contribution is 0.0449. The second-order valence-corrected chi connectivity index (χ2v) is 5.69. The van der Waals surface area contributed by atoms with Gasteiger partial charge in [-0.15, -0.1) is 6.58 Å². The molecule has 25 heavy (non-hydrogen) atoms. The van der Waals surface area contributed by atoms with Gasteiger partial charge in [-0.2, -0.15) is 0 Å². The smallest absolute Gasteiger partial charge is 0.254 e. The van der Waals surface area contributed by atoms with Gasteiger partial charge in [0.05, 0.1) is 12.2 Å². The van der Waals surface area contributed by atoms with E-state index in [4.69, 9.17) is 4.84 Å². The van der Waals surface area contributed by atoms with Crippen LogP contribution in [0.3, 0.4) is 0 Å². The van der Waals surface area contributed by atoms with Crippen LogP contribution in [0.4, 0.5) is 4.39 Å². The third kappa shape index (κ3) is 4.09. The highest BCUT2D eigenvalue weighted by molar-refractivity contribution is 5.99. The van der Waals surface area contributed by atoms with E-state index in [2.05, 4.69) is 16.7 Å². The van der Waals surface area contributed by atoms with E-state index in [9.17, 15) is 9.18 Å². The van der Waals surface area contributed by atoms with E-state index in [0.717, 1.165) is 11.4 Å². The third-order valence-electron chi connectivity index (χ3n) is 3.83. The van der Waals surface area contributed by atoms with Gasteiger partial charge in [-0.05, 0) is 30.3 Å². The summed E-state index contributed by atoms with van der Waals surface area (Å²) < 4.78 is 13.4. The van der Waals surface area contributed by atoms with E-state index in [-0.39, 0.29) is 12.0 Å². The highest BCUT2D eigenvalue weighted by Gasteiger charge is 2.27. The normalized spacial score (nSPS) is 16.0. The average Bonchev–Trinajstić information content (AvgIpc) is 3.10. The van der Waals surface area contributed by atoms with Gasteiger partial charge in [0.2, 0.25) is 0 Å². The Morgan fingerprint density at radius 1 is 1.36 bits per heavy atom. The number of pyridine rings is 1. The van der Waals surface area contributed by atoms with Gasteiger partial charge in [0.25, 0.3) is 5.91 Å². The number of halogens is 1.